The van der Waals surface area contributed by atoms with Crippen LogP contribution in [-0.2, 0) is 4.79 Å². The minimum absolute atomic E-state index is 0.375. The molecule has 0 unspecified atom stereocenters. The lowest BCUT2D eigenvalue weighted by molar-refractivity contribution is -0.115. The topological polar surface area (TPSA) is 17.1 Å². The highest BCUT2D eigenvalue weighted by molar-refractivity contribution is 5.95. The maximum atomic E-state index is 11.2. The molecule has 0 aliphatic heterocycles. The highest BCUT2D eigenvalue weighted by Crippen LogP contribution is 2.18. The van der Waals surface area contributed by atoms with Gasteiger partial charge in [-0.05, 0) is 31.8 Å². The summed E-state index contributed by atoms with van der Waals surface area (Å²) in [5.74, 6) is 0.375. The van der Waals surface area contributed by atoms with Gasteiger partial charge in [0.2, 0.25) is 0 Å². The molecule has 0 amide bonds. The van der Waals surface area contributed by atoms with E-state index in [2.05, 4.69) is 0 Å². The monoisotopic (exact) mass is 138 g/mol. The molecule has 0 atom stereocenters. The van der Waals surface area contributed by atoms with Crippen LogP contribution in [0.15, 0.2) is 11.6 Å². The van der Waals surface area contributed by atoms with Crippen LogP contribution in [0.5, 0.6) is 0 Å². The van der Waals surface area contributed by atoms with Gasteiger partial charge in [-0.1, -0.05) is 12.5 Å². The third kappa shape index (κ3) is 1.69. The van der Waals surface area contributed by atoms with Crippen molar-refractivity contribution in [2.24, 2.45) is 0 Å². The van der Waals surface area contributed by atoms with Crippen LogP contribution in [0.1, 0.15) is 39.0 Å². The van der Waals surface area contributed by atoms with Crippen LogP contribution < -0.4 is 0 Å². The fraction of sp³-hybridized carbons (Fsp3) is 0.667. The Kier molecular flexibility index (Phi) is 2.67. The van der Waals surface area contributed by atoms with Gasteiger partial charge in [-0.2, -0.15) is 0 Å². The van der Waals surface area contributed by atoms with E-state index in [0.717, 1.165) is 24.8 Å². The van der Waals surface area contributed by atoms with Crippen molar-refractivity contribution in [3.05, 3.63) is 11.6 Å². The molecule has 0 aromatic heterocycles. The van der Waals surface area contributed by atoms with Gasteiger partial charge in [0.15, 0.2) is 5.78 Å². The molecule has 1 saturated carbocycles. The molecule has 0 aromatic carbocycles. The molecule has 56 valence electrons. The molecule has 0 N–H and O–H groups in total. The summed E-state index contributed by atoms with van der Waals surface area (Å²) in [7, 11) is 0. The van der Waals surface area contributed by atoms with E-state index in [0.29, 0.717) is 5.78 Å². The zero-order valence-corrected chi connectivity index (χ0v) is 6.52. The predicted molar refractivity (Wildman–Crippen MR) is 41.8 cm³/mol. The van der Waals surface area contributed by atoms with E-state index >= 15 is 0 Å². The molecule has 0 spiro atoms. The molecule has 0 radical (unpaired) electrons. The predicted octanol–water partition coefficient (Wildman–Crippen LogP) is 2.47. The van der Waals surface area contributed by atoms with Crippen molar-refractivity contribution >= 4 is 5.78 Å². The van der Waals surface area contributed by atoms with E-state index in [1.54, 1.807) is 0 Å². The smallest absolute Gasteiger partial charge is 0.158 e. The first-order chi connectivity index (χ1) is 4.84. The summed E-state index contributed by atoms with van der Waals surface area (Å²) in [6.07, 6.45) is 7.27. The molecule has 1 aliphatic carbocycles. The van der Waals surface area contributed by atoms with Crippen molar-refractivity contribution in [1.29, 1.82) is 0 Å². The van der Waals surface area contributed by atoms with Crippen LogP contribution in [0, 0.1) is 0 Å². The number of rotatable bonds is 0. The Morgan fingerprint density at radius 1 is 1.20 bits per heavy atom. The number of hydrogen-bond acceptors (Lipinski definition) is 1. The van der Waals surface area contributed by atoms with E-state index in [-0.39, 0.29) is 0 Å². The standard InChI is InChI=1S/C9H14O/c1-2-8-6-4-3-5-7-9(8)10/h2H,3-7H2,1H3/b8-2-. The summed E-state index contributed by atoms with van der Waals surface area (Å²) in [6.45, 7) is 1.96. The third-order valence-corrected chi connectivity index (χ3v) is 2.06. The Morgan fingerprint density at radius 3 is 2.60 bits per heavy atom. The van der Waals surface area contributed by atoms with Crippen LogP contribution in [0.25, 0.3) is 0 Å². The minimum atomic E-state index is 0.375. The average Bonchev–Trinajstić information content (AvgIpc) is 2.13. The average molecular weight is 138 g/mol. The summed E-state index contributed by atoms with van der Waals surface area (Å²) in [6, 6.07) is 0. The van der Waals surface area contributed by atoms with Crippen molar-refractivity contribution in [3.8, 4) is 0 Å². The summed E-state index contributed by atoms with van der Waals surface area (Å²) in [4.78, 5) is 11.2. The number of hydrogen-bond donors (Lipinski definition) is 0. The first kappa shape index (κ1) is 7.52. The highest BCUT2D eigenvalue weighted by Gasteiger charge is 2.11. The minimum Gasteiger partial charge on any atom is -0.295 e. The Labute approximate surface area is 62.1 Å². The van der Waals surface area contributed by atoms with Crippen LogP contribution in [0.2, 0.25) is 0 Å². The van der Waals surface area contributed by atoms with Gasteiger partial charge in [-0.25, -0.2) is 0 Å². The summed E-state index contributed by atoms with van der Waals surface area (Å²) < 4.78 is 0. The van der Waals surface area contributed by atoms with Gasteiger partial charge >= 0.3 is 0 Å². The van der Waals surface area contributed by atoms with Gasteiger partial charge < -0.3 is 0 Å². The molecular formula is C9H14O. The highest BCUT2D eigenvalue weighted by atomic mass is 16.1. The van der Waals surface area contributed by atoms with Crippen molar-refractivity contribution in [1.82, 2.24) is 0 Å². The zero-order valence-electron chi connectivity index (χ0n) is 6.52. The number of carbonyl (C=O) groups is 1. The number of allylic oxidation sites excluding steroid dienone is 2. The molecule has 1 fully saturated rings. The van der Waals surface area contributed by atoms with Crippen molar-refractivity contribution in [2.45, 2.75) is 39.0 Å². The Bertz CT molecular complexity index is 156. The lowest BCUT2D eigenvalue weighted by Gasteiger charge is -1.96. The second-order valence-electron chi connectivity index (χ2n) is 2.80. The lowest BCUT2D eigenvalue weighted by Crippen LogP contribution is -1.98. The van der Waals surface area contributed by atoms with E-state index < -0.39 is 0 Å². The summed E-state index contributed by atoms with van der Waals surface area (Å²) in [5.41, 5.74) is 1.05. The van der Waals surface area contributed by atoms with Gasteiger partial charge in [-0.15, -0.1) is 0 Å². The quantitative estimate of drug-likeness (QED) is 0.371. The zero-order chi connectivity index (χ0) is 7.40. The number of Topliss-reactive ketones (excluding diaryl/α,β-unsaturated/α-hetero) is 1. The molecule has 10 heavy (non-hydrogen) atoms. The second-order valence-corrected chi connectivity index (χ2v) is 2.80. The van der Waals surface area contributed by atoms with Crippen molar-refractivity contribution < 1.29 is 4.79 Å². The van der Waals surface area contributed by atoms with Crippen LogP contribution >= 0.6 is 0 Å². The fourth-order valence-electron chi connectivity index (χ4n) is 1.38. The molecule has 0 bridgehead atoms. The van der Waals surface area contributed by atoms with Gasteiger partial charge in [0.1, 0.15) is 0 Å². The van der Waals surface area contributed by atoms with Crippen LogP contribution in [0.4, 0.5) is 0 Å². The second kappa shape index (κ2) is 3.55. The van der Waals surface area contributed by atoms with E-state index in [9.17, 15) is 4.79 Å². The van der Waals surface area contributed by atoms with Gasteiger partial charge in [0.25, 0.3) is 0 Å². The maximum Gasteiger partial charge on any atom is 0.158 e. The van der Waals surface area contributed by atoms with E-state index in [1.165, 1.54) is 12.8 Å². The van der Waals surface area contributed by atoms with Gasteiger partial charge in [0, 0.05) is 6.42 Å². The van der Waals surface area contributed by atoms with E-state index in [1.807, 2.05) is 13.0 Å². The molecule has 1 aliphatic rings. The normalized spacial score (nSPS) is 24.9. The van der Waals surface area contributed by atoms with Gasteiger partial charge in [-0.3, -0.25) is 4.79 Å². The first-order valence-electron chi connectivity index (χ1n) is 4.03. The number of carbonyl (C=O) groups excluding carboxylic acids is 1. The summed E-state index contributed by atoms with van der Waals surface area (Å²) >= 11 is 0. The molecular weight excluding hydrogens is 124 g/mol. The molecule has 1 heteroatoms. The van der Waals surface area contributed by atoms with Crippen molar-refractivity contribution in [2.75, 3.05) is 0 Å². The third-order valence-electron chi connectivity index (χ3n) is 2.06. The largest absolute Gasteiger partial charge is 0.295 e. The fourth-order valence-corrected chi connectivity index (χ4v) is 1.38. The molecule has 1 nitrogen and oxygen atoms in total. The molecule has 0 saturated heterocycles. The maximum absolute atomic E-state index is 11.2. The SMILES string of the molecule is C/C=C1/CCCCCC1=O. The molecule has 0 heterocycles. The Balaban J connectivity index is 2.61. The Morgan fingerprint density at radius 2 is 1.90 bits per heavy atom. The Hall–Kier alpha value is -0.590. The number of ketones is 1. The van der Waals surface area contributed by atoms with Gasteiger partial charge in [0.05, 0.1) is 0 Å². The van der Waals surface area contributed by atoms with E-state index in [4.69, 9.17) is 0 Å². The molecule has 0 aromatic rings. The first-order valence-corrected chi connectivity index (χ1v) is 4.03. The summed E-state index contributed by atoms with van der Waals surface area (Å²) in [5, 5.41) is 0. The lowest BCUT2D eigenvalue weighted by atomic mass is 10.1. The molecule has 1 rings (SSSR count). The van der Waals surface area contributed by atoms with Crippen molar-refractivity contribution in [3.63, 3.8) is 0 Å². The van der Waals surface area contributed by atoms with Crippen LogP contribution in [0.3, 0.4) is 0 Å². The van der Waals surface area contributed by atoms with Crippen LogP contribution in [-0.4, -0.2) is 5.78 Å².